The molecule has 0 atom stereocenters. The molecular formula is C20H13F2NO2. The maximum absolute atomic E-state index is 13.5. The summed E-state index contributed by atoms with van der Waals surface area (Å²) in [6.45, 7) is -0.366. The molecule has 0 bridgehead atoms. The van der Waals surface area contributed by atoms with Crippen LogP contribution >= 0.6 is 0 Å². The lowest BCUT2D eigenvalue weighted by Crippen LogP contribution is -1.91. The molecule has 0 saturated carbocycles. The maximum atomic E-state index is 13.5. The zero-order chi connectivity index (χ0) is 17.4. The number of hydrogen-bond acceptors (Lipinski definition) is 3. The first kappa shape index (κ1) is 15.5. The van der Waals surface area contributed by atoms with Crippen LogP contribution in [0.1, 0.15) is 5.56 Å². The summed E-state index contributed by atoms with van der Waals surface area (Å²) in [6.07, 6.45) is 0. The van der Waals surface area contributed by atoms with Crippen LogP contribution in [-0.4, -0.2) is 10.3 Å². The van der Waals surface area contributed by atoms with Gasteiger partial charge in [-0.25, -0.2) is 8.78 Å². The Balaban J connectivity index is 1.94. The topological polar surface area (TPSA) is 46.3 Å². The highest BCUT2D eigenvalue weighted by Gasteiger charge is 2.20. The van der Waals surface area contributed by atoms with Gasteiger partial charge in [0.15, 0.2) is 5.76 Å². The van der Waals surface area contributed by atoms with Crippen molar-refractivity contribution in [3.05, 3.63) is 77.9 Å². The quantitative estimate of drug-likeness (QED) is 0.576. The summed E-state index contributed by atoms with van der Waals surface area (Å²) in [5.74, 6) is -1.28. The summed E-state index contributed by atoms with van der Waals surface area (Å²) in [5.41, 5.74) is 1.83. The van der Waals surface area contributed by atoms with Gasteiger partial charge in [0.05, 0.1) is 12.2 Å². The highest BCUT2D eigenvalue weighted by molar-refractivity contribution is 5.97. The molecule has 3 aromatic carbocycles. The van der Waals surface area contributed by atoms with Crippen LogP contribution in [0.15, 0.2) is 65.2 Å². The highest BCUT2D eigenvalue weighted by atomic mass is 19.1. The van der Waals surface area contributed by atoms with Crippen molar-refractivity contribution in [1.82, 2.24) is 5.16 Å². The zero-order valence-electron chi connectivity index (χ0n) is 13.0. The third-order valence-corrected chi connectivity index (χ3v) is 4.12. The van der Waals surface area contributed by atoms with Gasteiger partial charge in [-0.05, 0) is 22.9 Å². The second-order valence-corrected chi connectivity index (χ2v) is 5.68. The van der Waals surface area contributed by atoms with Crippen molar-refractivity contribution in [3.8, 4) is 22.6 Å². The minimum atomic E-state index is -0.720. The lowest BCUT2D eigenvalue weighted by molar-refractivity contribution is 0.281. The van der Waals surface area contributed by atoms with E-state index in [4.69, 9.17) is 4.52 Å². The van der Waals surface area contributed by atoms with Gasteiger partial charge in [-0.3, -0.25) is 0 Å². The lowest BCUT2D eigenvalue weighted by atomic mass is 9.98. The first-order valence-corrected chi connectivity index (χ1v) is 7.71. The lowest BCUT2D eigenvalue weighted by Gasteiger charge is -2.05. The number of nitrogens with zero attached hydrogens (tertiary/aromatic N) is 1. The first-order chi connectivity index (χ1) is 12.2. The van der Waals surface area contributed by atoms with Crippen molar-refractivity contribution in [1.29, 1.82) is 0 Å². The van der Waals surface area contributed by atoms with Crippen molar-refractivity contribution >= 4 is 10.8 Å². The van der Waals surface area contributed by atoms with Crippen molar-refractivity contribution in [3.63, 3.8) is 0 Å². The van der Waals surface area contributed by atoms with Crippen LogP contribution in [0.5, 0.6) is 0 Å². The van der Waals surface area contributed by atoms with Gasteiger partial charge in [-0.2, -0.15) is 0 Å². The van der Waals surface area contributed by atoms with E-state index in [0.717, 1.165) is 34.5 Å². The van der Waals surface area contributed by atoms with E-state index in [-0.39, 0.29) is 17.9 Å². The van der Waals surface area contributed by atoms with Gasteiger partial charge in [-0.15, -0.1) is 0 Å². The summed E-state index contributed by atoms with van der Waals surface area (Å²) in [7, 11) is 0. The van der Waals surface area contributed by atoms with Gasteiger partial charge in [0.1, 0.15) is 17.3 Å². The number of benzene rings is 3. The largest absolute Gasteiger partial charge is 0.391 e. The van der Waals surface area contributed by atoms with E-state index in [2.05, 4.69) is 5.16 Å². The van der Waals surface area contributed by atoms with E-state index >= 15 is 0 Å². The molecule has 25 heavy (non-hydrogen) atoms. The molecule has 124 valence electrons. The molecule has 0 spiro atoms. The van der Waals surface area contributed by atoms with Crippen molar-refractivity contribution < 1.29 is 18.4 Å². The van der Waals surface area contributed by atoms with Gasteiger partial charge in [0.25, 0.3) is 0 Å². The standard InChI is InChI=1S/C20H13F2NO2/c21-14-8-13(9-15(22)10-14)20-18(11-24)19(23-25-20)17-7-3-5-12-4-1-2-6-16(12)17/h1-10,24H,11H2. The van der Waals surface area contributed by atoms with Crippen LogP contribution in [0.2, 0.25) is 0 Å². The Morgan fingerprint density at radius 2 is 1.64 bits per heavy atom. The van der Waals surface area contributed by atoms with Crippen LogP contribution in [0.3, 0.4) is 0 Å². The highest BCUT2D eigenvalue weighted by Crippen LogP contribution is 2.36. The molecular weight excluding hydrogens is 324 g/mol. The average Bonchev–Trinajstić information content (AvgIpc) is 3.04. The van der Waals surface area contributed by atoms with Gasteiger partial charge in [-0.1, -0.05) is 47.6 Å². The molecule has 0 aliphatic heterocycles. The predicted molar refractivity (Wildman–Crippen MR) is 90.7 cm³/mol. The molecule has 0 fully saturated rings. The van der Waals surface area contributed by atoms with Gasteiger partial charge < -0.3 is 9.63 Å². The molecule has 0 unspecified atom stereocenters. The molecule has 0 saturated heterocycles. The molecule has 0 aliphatic carbocycles. The monoisotopic (exact) mass is 337 g/mol. The minimum Gasteiger partial charge on any atom is -0.391 e. The van der Waals surface area contributed by atoms with E-state index in [1.807, 2.05) is 42.5 Å². The Labute approximate surface area is 142 Å². The molecule has 1 aromatic heterocycles. The number of aliphatic hydroxyl groups is 1. The summed E-state index contributed by atoms with van der Waals surface area (Å²) in [6, 6.07) is 16.6. The number of aromatic nitrogens is 1. The van der Waals surface area contributed by atoms with E-state index in [1.165, 1.54) is 0 Å². The van der Waals surface area contributed by atoms with E-state index in [1.54, 1.807) is 0 Å². The van der Waals surface area contributed by atoms with Crippen LogP contribution < -0.4 is 0 Å². The summed E-state index contributed by atoms with van der Waals surface area (Å²) >= 11 is 0. The first-order valence-electron chi connectivity index (χ1n) is 7.71. The second-order valence-electron chi connectivity index (χ2n) is 5.68. The third kappa shape index (κ3) is 2.68. The number of hydrogen-bond donors (Lipinski definition) is 1. The summed E-state index contributed by atoms with van der Waals surface area (Å²) in [4.78, 5) is 0. The van der Waals surface area contributed by atoms with E-state index < -0.39 is 11.6 Å². The van der Waals surface area contributed by atoms with E-state index in [9.17, 15) is 13.9 Å². The molecule has 1 heterocycles. The number of fused-ring (bicyclic) bond motifs is 1. The average molecular weight is 337 g/mol. The Hall–Kier alpha value is -3.05. The molecule has 3 nitrogen and oxygen atoms in total. The SMILES string of the molecule is OCc1c(-c2cccc3ccccc23)noc1-c1cc(F)cc(F)c1. The van der Waals surface area contributed by atoms with Gasteiger partial charge in [0.2, 0.25) is 0 Å². The molecule has 0 amide bonds. The molecule has 0 aliphatic rings. The van der Waals surface area contributed by atoms with Crippen LogP contribution in [0.25, 0.3) is 33.4 Å². The van der Waals surface area contributed by atoms with Crippen LogP contribution in [0, 0.1) is 11.6 Å². The van der Waals surface area contributed by atoms with Crippen molar-refractivity contribution in [2.75, 3.05) is 0 Å². The second kappa shape index (κ2) is 6.11. The molecule has 4 aromatic rings. The fraction of sp³-hybridized carbons (Fsp3) is 0.0500. The van der Waals surface area contributed by atoms with Crippen LogP contribution in [0.4, 0.5) is 8.78 Å². The predicted octanol–water partition coefficient (Wildman–Crippen LogP) is 4.93. The zero-order valence-corrected chi connectivity index (χ0v) is 13.0. The maximum Gasteiger partial charge on any atom is 0.173 e. The summed E-state index contributed by atoms with van der Waals surface area (Å²) in [5, 5.41) is 15.9. The third-order valence-electron chi connectivity index (χ3n) is 4.12. The number of rotatable bonds is 3. The molecule has 0 radical (unpaired) electrons. The number of halogens is 2. The number of aliphatic hydroxyl groups excluding tert-OH is 1. The molecule has 1 N–H and O–H groups in total. The smallest absolute Gasteiger partial charge is 0.173 e. The summed E-state index contributed by atoms with van der Waals surface area (Å²) < 4.78 is 32.4. The minimum absolute atomic E-state index is 0.156. The molecule has 4 rings (SSSR count). The Bertz CT molecular complexity index is 1050. The Morgan fingerprint density at radius 1 is 0.920 bits per heavy atom. The molecule has 5 heteroatoms. The van der Waals surface area contributed by atoms with Gasteiger partial charge in [0, 0.05) is 17.2 Å². The fourth-order valence-electron chi connectivity index (χ4n) is 3.01. The normalized spacial score (nSPS) is 11.2. The van der Waals surface area contributed by atoms with Gasteiger partial charge >= 0.3 is 0 Å². The van der Waals surface area contributed by atoms with Crippen LogP contribution in [-0.2, 0) is 6.61 Å². The fourth-order valence-corrected chi connectivity index (χ4v) is 3.01. The Kier molecular flexibility index (Phi) is 3.78. The Morgan fingerprint density at radius 3 is 2.40 bits per heavy atom. The van der Waals surface area contributed by atoms with Crippen molar-refractivity contribution in [2.24, 2.45) is 0 Å². The van der Waals surface area contributed by atoms with Crippen molar-refractivity contribution in [2.45, 2.75) is 6.61 Å². The van der Waals surface area contributed by atoms with E-state index in [0.29, 0.717) is 11.3 Å².